The Hall–Kier alpha value is -1.79. The van der Waals surface area contributed by atoms with Crippen LogP contribution >= 0.6 is 0 Å². The van der Waals surface area contributed by atoms with Gasteiger partial charge in [-0.15, -0.1) is 0 Å². The lowest BCUT2D eigenvalue weighted by Gasteiger charge is -2.32. The van der Waals surface area contributed by atoms with Crippen LogP contribution in [0.5, 0.6) is 11.5 Å². The van der Waals surface area contributed by atoms with Crippen LogP contribution < -0.4 is 15.2 Å². The minimum Gasteiger partial charge on any atom is -0.493 e. The second-order valence-electron chi connectivity index (χ2n) is 5.83. The lowest BCUT2D eigenvalue weighted by atomic mass is 10.2. The first kappa shape index (κ1) is 17.6. The molecule has 1 heterocycles. The maximum absolute atomic E-state index is 12.2. The van der Waals surface area contributed by atoms with E-state index in [0.29, 0.717) is 37.5 Å². The Morgan fingerprint density at radius 2 is 1.96 bits per heavy atom. The monoisotopic (exact) mass is 321 g/mol. The van der Waals surface area contributed by atoms with Crippen LogP contribution in [0, 0.1) is 0 Å². The van der Waals surface area contributed by atoms with Crippen molar-refractivity contribution in [3.05, 3.63) is 23.8 Å². The maximum Gasteiger partial charge on any atom is 0.222 e. The van der Waals surface area contributed by atoms with Gasteiger partial charge in [0.05, 0.1) is 13.7 Å². The number of carbonyl (C=O) groups is 1. The molecule has 1 aromatic rings. The van der Waals surface area contributed by atoms with E-state index in [2.05, 4.69) is 11.9 Å². The average molecular weight is 321 g/mol. The van der Waals surface area contributed by atoms with Crippen LogP contribution in [0.15, 0.2) is 18.2 Å². The molecule has 0 atom stereocenters. The second-order valence-corrected chi connectivity index (χ2v) is 5.83. The molecule has 1 fully saturated rings. The van der Waals surface area contributed by atoms with E-state index in [9.17, 15) is 4.79 Å². The minimum atomic E-state index is 0.212. The number of benzene rings is 1. The summed E-state index contributed by atoms with van der Waals surface area (Å²) >= 11 is 0. The molecule has 0 bridgehead atoms. The lowest BCUT2D eigenvalue weighted by Crippen LogP contribution is -2.47. The molecule has 128 valence electrons. The highest BCUT2D eigenvalue weighted by atomic mass is 16.5. The van der Waals surface area contributed by atoms with E-state index in [1.165, 1.54) is 0 Å². The molecule has 1 aromatic carbocycles. The quantitative estimate of drug-likeness (QED) is 0.761. The third-order valence-corrected chi connectivity index (χ3v) is 4.11. The highest BCUT2D eigenvalue weighted by molar-refractivity contribution is 5.76. The van der Waals surface area contributed by atoms with Crippen molar-refractivity contribution in [3.8, 4) is 11.5 Å². The van der Waals surface area contributed by atoms with E-state index < -0.39 is 0 Å². The molecule has 2 N–H and O–H groups in total. The van der Waals surface area contributed by atoms with Crippen LogP contribution in [0.3, 0.4) is 0 Å². The van der Waals surface area contributed by atoms with Gasteiger partial charge in [-0.1, -0.05) is 6.07 Å². The van der Waals surface area contributed by atoms with Gasteiger partial charge in [0, 0.05) is 39.1 Å². The highest BCUT2D eigenvalue weighted by Crippen LogP contribution is 2.28. The van der Waals surface area contributed by atoms with Crippen LogP contribution in [0.4, 0.5) is 0 Å². The van der Waals surface area contributed by atoms with Gasteiger partial charge in [-0.25, -0.2) is 0 Å². The Balaban J connectivity index is 1.75. The summed E-state index contributed by atoms with van der Waals surface area (Å²) in [6.07, 6.45) is 1.21. The molecule has 23 heavy (non-hydrogen) atoms. The average Bonchev–Trinajstić information content (AvgIpc) is 2.58. The molecule has 0 unspecified atom stereocenters. The van der Waals surface area contributed by atoms with Gasteiger partial charge in [-0.3, -0.25) is 4.79 Å². The number of methoxy groups -OCH3 is 1. The van der Waals surface area contributed by atoms with Crippen molar-refractivity contribution in [2.24, 2.45) is 5.73 Å². The summed E-state index contributed by atoms with van der Waals surface area (Å²) in [5.74, 6) is 1.58. The summed E-state index contributed by atoms with van der Waals surface area (Å²) in [4.78, 5) is 16.3. The van der Waals surface area contributed by atoms with Gasteiger partial charge >= 0.3 is 0 Å². The number of nitrogens with zero attached hydrogens (tertiary/aromatic N) is 2. The third kappa shape index (κ3) is 5.11. The SMILES string of the molecule is COc1ccc(CN)cc1OCCCC(=O)N1CCN(C)CC1. The number of carbonyl (C=O) groups excluding carboxylic acids is 1. The molecule has 0 aromatic heterocycles. The molecule has 2 rings (SSSR count). The number of hydrogen-bond donors (Lipinski definition) is 1. The van der Waals surface area contributed by atoms with Gasteiger partial charge in [0.1, 0.15) is 0 Å². The van der Waals surface area contributed by atoms with E-state index in [1.54, 1.807) is 7.11 Å². The molecule has 6 heteroatoms. The standard InChI is InChI=1S/C17H27N3O3/c1-19-7-9-20(10-8-19)17(21)4-3-11-23-16-12-14(13-18)5-6-15(16)22-2/h5-6,12H,3-4,7-11,13,18H2,1-2H3. The fourth-order valence-corrected chi connectivity index (χ4v) is 2.58. The molecule has 1 amide bonds. The Kier molecular flexibility index (Phi) is 6.67. The molecule has 1 aliphatic rings. The molecule has 0 radical (unpaired) electrons. The van der Waals surface area contributed by atoms with Crippen LogP contribution in [-0.2, 0) is 11.3 Å². The Morgan fingerprint density at radius 3 is 2.61 bits per heavy atom. The largest absolute Gasteiger partial charge is 0.493 e. The topological polar surface area (TPSA) is 68.0 Å². The van der Waals surface area contributed by atoms with Crippen LogP contribution in [0.25, 0.3) is 0 Å². The zero-order chi connectivity index (χ0) is 16.7. The number of ether oxygens (including phenoxy) is 2. The van der Waals surface area contributed by atoms with E-state index >= 15 is 0 Å². The van der Waals surface area contributed by atoms with Crippen molar-refractivity contribution in [2.45, 2.75) is 19.4 Å². The number of rotatable bonds is 7. The Bertz CT molecular complexity index is 514. The van der Waals surface area contributed by atoms with Crippen LogP contribution in [0.1, 0.15) is 18.4 Å². The zero-order valence-electron chi connectivity index (χ0n) is 14.1. The number of likely N-dealkylation sites (N-methyl/N-ethyl adjacent to an activating group) is 1. The molecule has 1 saturated heterocycles. The molecular formula is C17H27N3O3. The number of nitrogens with two attached hydrogens (primary N) is 1. The molecule has 0 aliphatic carbocycles. The minimum absolute atomic E-state index is 0.212. The number of amides is 1. The Labute approximate surface area is 138 Å². The summed E-state index contributed by atoms with van der Waals surface area (Å²) in [6, 6.07) is 5.66. The fraction of sp³-hybridized carbons (Fsp3) is 0.588. The molecule has 0 spiro atoms. The summed E-state index contributed by atoms with van der Waals surface area (Å²) < 4.78 is 11.0. The molecule has 1 aliphatic heterocycles. The molecule has 0 saturated carbocycles. The van der Waals surface area contributed by atoms with Gasteiger partial charge in [0.15, 0.2) is 11.5 Å². The van der Waals surface area contributed by atoms with Gasteiger partial charge in [0.2, 0.25) is 5.91 Å². The summed E-state index contributed by atoms with van der Waals surface area (Å²) in [5, 5.41) is 0. The van der Waals surface area contributed by atoms with Gasteiger partial charge in [-0.05, 0) is 31.2 Å². The van der Waals surface area contributed by atoms with Crippen molar-refractivity contribution >= 4 is 5.91 Å². The van der Waals surface area contributed by atoms with Crippen molar-refractivity contribution in [1.82, 2.24) is 9.80 Å². The van der Waals surface area contributed by atoms with Crippen molar-refractivity contribution in [3.63, 3.8) is 0 Å². The van der Waals surface area contributed by atoms with Gasteiger partial charge < -0.3 is 25.0 Å². The van der Waals surface area contributed by atoms with E-state index in [0.717, 1.165) is 31.7 Å². The van der Waals surface area contributed by atoms with Crippen LogP contribution in [-0.4, -0.2) is 62.7 Å². The fourth-order valence-electron chi connectivity index (χ4n) is 2.58. The molecular weight excluding hydrogens is 294 g/mol. The lowest BCUT2D eigenvalue weighted by molar-refractivity contribution is -0.133. The van der Waals surface area contributed by atoms with Crippen LogP contribution in [0.2, 0.25) is 0 Å². The highest BCUT2D eigenvalue weighted by Gasteiger charge is 2.18. The summed E-state index contributed by atoms with van der Waals surface area (Å²) in [5.41, 5.74) is 6.64. The van der Waals surface area contributed by atoms with Crippen molar-refractivity contribution < 1.29 is 14.3 Å². The Morgan fingerprint density at radius 1 is 1.22 bits per heavy atom. The predicted molar refractivity (Wildman–Crippen MR) is 89.7 cm³/mol. The van der Waals surface area contributed by atoms with Gasteiger partial charge in [-0.2, -0.15) is 0 Å². The number of hydrogen-bond acceptors (Lipinski definition) is 5. The summed E-state index contributed by atoms with van der Waals surface area (Å²) in [7, 11) is 3.69. The normalized spacial score (nSPS) is 15.5. The van der Waals surface area contributed by atoms with E-state index in [4.69, 9.17) is 15.2 Å². The zero-order valence-corrected chi connectivity index (χ0v) is 14.1. The molecule has 6 nitrogen and oxygen atoms in total. The maximum atomic E-state index is 12.2. The van der Waals surface area contributed by atoms with Gasteiger partial charge in [0.25, 0.3) is 0 Å². The predicted octanol–water partition coefficient (Wildman–Crippen LogP) is 1.09. The first-order valence-corrected chi connectivity index (χ1v) is 8.10. The number of piperazine rings is 1. The van der Waals surface area contributed by atoms with E-state index in [-0.39, 0.29) is 5.91 Å². The first-order valence-electron chi connectivity index (χ1n) is 8.10. The third-order valence-electron chi connectivity index (χ3n) is 4.11. The summed E-state index contributed by atoms with van der Waals surface area (Å²) in [6.45, 7) is 4.49. The van der Waals surface area contributed by atoms with E-state index in [1.807, 2.05) is 23.1 Å². The van der Waals surface area contributed by atoms with Crippen molar-refractivity contribution in [1.29, 1.82) is 0 Å². The second kappa shape index (κ2) is 8.74. The first-order chi connectivity index (χ1) is 11.1. The smallest absolute Gasteiger partial charge is 0.222 e. The van der Waals surface area contributed by atoms with Crippen molar-refractivity contribution in [2.75, 3.05) is 46.9 Å².